The summed E-state index contributed by atoms with van der Waals surface area (Å²) in [5, 5.41) is 33.4. The van der Waals surface area contributed by atoms with Crippen LogP contribution < -0.4 is 21.3 Å². The third-order valence-corrected chi connectivity index (χ3v) is 6.78. The van der Waals surface area contributed by atoms with Crippen molar-refractivity contribution in [2.24, 2.45) is 0 Å². The number of anilines is 5. The Morgan fingerprint density at radius 2 is 1.85 bits per heavy atom. The quantitative estimate of drug-likeness (QED) is 0.107. The molecule has 0 bridgehead atoms. The highest BCUT2D eigenvalue weighted by atomic mass is 32.2. The molecule has 3 aromatic carbocycles. The van der Waals surface area contributed by atoms with Crippen LogP contribution >= 0.6 is 11.8 Å². The highest BCUT2D eigenvalue weighted by Gasteiger charge is 2.21. The maximum absolute atomic E-state index is 11.5. The Morgan fingerprint density at radius 1 is 1.05 bits per heavy atom. The minimum absolute atomic E-state index is 0.327. The van der Waals surface area contributed by atoms with Gasteiger partial charge in [-0.1, -0.05) is 42.6 Å². The molecule has 1 aliphatic rings. The van der Waals surface area contributed by atoms with Crippen molar-refractivity contribution in [3.63, 3.8) is 0 Å². The van der Waals surface area contributed by atoms with Crippen LogP contribution in [0.3, 0.4) is 0 Å². The summed E-state index contributed by atoms with van der Waals surface area (Å²) >= 11 is 1.50. The average Bonchev–Trinajstić information content (AvgIpc) is 3.38. The molecule has 0 aliphatic carbocycles. The van der Waals surface area contributed by atoms with Crippen LogP contribution in [0.25, 0.3) is 5.57 Å². The molecule has 192 valence electrons. The lowest BCUT2D eigenvalue weighted by atomic mass is 10.1. The molecule has 5 N–H and O–H groups in total. The number of hydrogen-bond donors (Lipinski definition) is 5. The number of rotatable bonds is 8. The zero-order chi connectivity index (χ0) is 27.2. The number of amides is 1. The molecule has 0 saturated carbocycles. The van der Waals surface area contributed by atoms with Crippen LogP contribution in [0.15, 0.2) is 108 Å². The predicted octanol–water partition coefficient (Wildman–Crippen LogP) is 5.86. The molecule has 4 aromatic rings. The van der Waals surface area contributed by atoms with E-state index in [1.165, 1.54) is 17.8 Å². The van der Waals surface area contributed by atoms with Crippen molar-refractivity contribution in [2.75, 3.05) is 21.3 Å². The largest absolute Gasteiger partial charge is 0.369 e. The number of para-hydroxylation sites is 1. The van der Waals surface area contributed by atoms with Crippen molar-refractivity contribution in [2.45, 2.75) is 11.1 Å². The predicted molar refractivity (Wildman–Crippen MR) is 154 cm³/mol. The van der Waals surface area contributed by atoms with Gasteiger partial charge in [-0.25, -0.2) is 9.97 Å². The van der Waals surface area contributed by atoms with E-state index in [0.717, 1.165) is 21.3 Å². The molecule has 10 heteroatoms. The number of thioether (sulfide) groups is 1. The number of nitriles is 1. The molecule has 0 saturated heterocycles. The van der Waals surface area contributed by atoms with E-state index >= 15 is 0 Å². The Morgan fingerprint density at radius 3 is 2.62 bits per heavy atom. The molecule has 2 heterocycles. The normalized spacial score (nSPS) is 13.7. The van der Waals surface area contributed by atoms with Crippen molar-refractivity contribution in [1.82, 2.24) is 9.97 Å². The maximum atomic E-state index is 11.5. The van der Waals surface area contributed by atoms with E-state index in [1.807, 2.05) is 36.4 Å². The molecule has 5 rings (SSSR count). The Kier molecular flexibility index (Phi) is 7.54. The van der Waals surface area contributed by atoms with Crippen LogP contribution in [0.2, 0.25) is 0 Å². The summed E-state index contributed by atoms with van der Waals surface area (Å²) < 4.78 is 0. The fourth-order valence-corrected chi connectivity index (χ4v) is 4.82. The second-order valence-electron chi connectivity index (χ2n) is 8.37. The molecular formula is C29H23N7O2S. The summed E-state index contributed by atoms with van der Waals surface area (Å²) in [6.45, 7) is 3.44. The summed E-state index contributed by atoms with van der Waals surface area (Å²) in [6, 6.07) is 26.0. The molecule has 0 radical (unpaired) electrons. The van der Waals surface area contributed by atoms with Gasteiger partial charge in [-0.2, -0.15) is 5.26 Å². The van der Waals surface area contributed by atoms with E-state index in [-0.39, 0.29) is 5.91 Å². The van der Waals surface area contributed by atoms with Gasteiger partial charge in [0.2, 0.25) is 11.9 Å². The number of nitrogens with one attached hydrogen (secondary N) is 4. The van der Waals surface area contributed by atoms with Crippen molar-refractivity contribution in [1.29, 1.82) is 5.26 Å². The third-order valence-electron chi connectivity index (χ3n) is 5.70. The number of carbonyl (C=O) groups excluding carboxylic acids is 1. The summed E-state index contributed by atoms with van der Waals surface area (Å²) in [4.78, 5) is 21.4. The fraction of sp³-hybridized carbons (Fsp3) is 0.0345. The zero-order valence-electron chi connectivity index (χ0n) is 20.6. The smallest absolute Gasteiger partial charge is 0.247 e. The lowest BCUT2D eigenvalue weighted by Gasteiger charge is -2.16. The van der Waals surface area contributed by atoms with Gasteiger partial charge in [-0.15, -0.1) is 0 Å². The highest BCUT2D eigenvalue weighted by Crippen LogP contribution is 2.43. The van der Waals surface area contributed by atoms with E-state index in [0.29, 0.717) is 34.2 Å². The number of benzene rings is 3. The molecule has 39 heavy (non-hydrogen) atoms. The number of carbonyl (C=O) groups is 1. The minimum Gasteiger partial charge on any atom is -0.369 e. The van der Waals surface area contributed by atoms with Crippen LogP contribution in [-0.4, -0.2) is 21.0 Å². The summed E-state index contributed by atoms with van der Waals surface area (Å²) in [6.07, 6.45) is 1.80. The molecule has 1 atom stereocenters. The van der Waals surface area contributed by atoms with Gasteiger partial charge in [-0.05, 0) is 60.7 Å². The van der Waals surface area contributed by atoms with Gasteiger partial charge < -0.3 is 26.4 Å². The van der Waals surface area contributed by atoms with E-state index in [2.05, 4.69) is 43.9 Å². The van der Waals surface area contributed by atoms with Crippen molar-refractivity contribution < 1.29 is 9.90 Å². The third kappa shape index (κ3) is 6.07. The molecular weight excluding hydrogens is 510 g/mol. The summed E-state index contributed by atoms with van der Waals surface area (Å²) in [5.41, 5.74) is 4.46. The standard InChI is InChI=1S/C29H23N7O2S/c1-2-26(37)32-21-7-5-6-18(16-21)27(38)33-19-10-12-20(13-11-19)34-29-31-15-14-23(36-29)22(17-30)28-35-24-8-3-4-9-25(24)39-28/h2-16,27,33,35,38H,1H2,(H,32,37)(H,31,34,36)/b28-22-. The van der Waals surface area contributed by atoms with Gasteiger partial charge in [0, 0.05) is 33.7 Å². The molecule has 1 aromatic heterocycles. The van der Waals surface area contributed by atoms with Crippen LogP contribution in [0.5, 0.6) is 0 Å². The van der Waals surface area contributed by atoms with Gasteiger partial charge in [0.05, 0.1) is 16.4 Å². The first kappa shape index (κ1) is 25.5. The van der Waals surface area contributed by atoms with Gasteiger partial charge in [0.15, 0.2) is 6.23 Å². The topological polar surface area (TPSA) is 135 Å². The van der Waals surface area contributed by atoms with Crippen LogP contribution in [0.1, 0.15) is 17.5 Å². The lowest BCUT2D eigenvalue weighted by Crippen LogP contribution is -2.11. The monoisotopic (exact) mass is 533 g/mol. The van der Waals surface area contributed by atoms with Gasteiger partial charge in [0.1, 0.15) is 11.6 Å². The number of allylic oxidation sites excluding steroid dienone is 1. The van der Waals surface area contributed by atoms with Crippen molar-refractivity contribution >= 4 is 51.9 Å². The first-order valence-electron chi connectivity index (χ1n) is 11.9. The zero-order valence-corrected chi connectivity index (χ0v) is 21.4. The summed E-state index contributed by atoms with van der Waals surface area (Å²) in [7, 11) is 0. The number of aromatic nitrogens is 2. The highest BCUT2D eigenvalue weighted by molar-refractivity contribution is 8.04. The maximum Gasteiger partial charge on any atom is 0.247 e. The van der Waals surface area contributed by atoms with Crippen LogP contribution in [0, 0.1) is 11.3 Å². The van der Waals surface area contributed by atoms with E-state index < -0.39 is 6.23 Å². The Balaban J connectivity index is 1.25. The molecule has 1 unspecified atom stereocenters. The first-order chi connectivity index (χ1) is 19.0. The van der Waals surface area contributed by atoms with E-state index in [9.17, 15) is 15.2 Å². The van der Waals surface area contributed by atoms with Crippen LogP contribution in [0.4, 0.5) is 28.7 Å². The Hall–Kier alpha value is -5.11. The van der Waals surface area contributed by atoms with Crippen molar-refractivity contribution in [3.8, 4) is 6.07 Å². The second kappa shape index (κ2) is 11.5. The average molecular weight is 534 g/mol. The number of aliphatic hydroxyl groups is 1. The number of hydrogen-bond acceptors (Lipinski definition) is 9. The Labute approximate surface area is 229 Å². The summed E-state index contributed by atoms with van der Waals surface area (Å²) in [5.74, 6) is 0.0212. The first-order valence-corrected chi connectivity index (χ1v) is 12.7. The Bertz CT molecular complexity index is 1590. The fourth-order valence-electron chi connectivity index (χ4n) is 3.81. The van der Waals surface area contributed by atoms with Gasteiger partial charge in [-0.3, -0.25) is 4.79 Å². The molecule has 1 aliphatic heterocycles. The lowest BCUT2D eigenvalue weighted by molar-refractivity contribution is -0.111. The molecule has 0 spiro atoms. The van der Waals surface area contributed by atoms with Crippen LogP contribution in [-0.2, 0) is 4.79 Å². The number of aliphatic hydroxyl groups excluding tert-OH is 1. The van der Waals surface area contributed by atoms with Crippen molar-refractivity contribution in [3.05, 3.63) is 114 Å². The number of nitrogens with zero attached hydrogens (tertiary/aromatic N) is 3. The van der Waals surface area contributed by atoms with Gasteiger partial charge >= 0.3 is 0 Å². The minimum atomic E-state index is -0.991. The molecule has 0 fully saturated rings. The molecule has 9 nitrogen and oxygen atoms in total. The van der Waals surface area contributed by atoms with Gasteiger partial charge in [0.25, 0.3) is 0 Å². The van der Waals surface area contributed by atoms with E-state index in [1.54, 1.807) is 48.7 Å². The second-order valence-corrected chi connectivity index (χ2v) is 9.42. The van der Waals surface area contributed by atoms with E-state index in [4.69, 9.17) is 0 Å². The number of fused-ring (bicyclic) bond motifs is 1. The molecule has 1 amide bonds. The SMILES string of the molecule is C=CC(=O)Nc1cccc(C(O)Nc2ccc(Nc3nccc(/C(C#N)=C4/Nc5ccccc5S4)n3)cc2)c1.